The smallest absolute Gasteiger partial charge is 0.297 e. The number of pyridine rings is 1. The number of nitrogens with zero attached hydrogens (tertiary/aromatic N) is 7. The monoisotopic (exact) mass is 1250 g/mol. The van der Waals surface area contributed by atoms with Gasteiger partial charge in [0, 0.05) is 113 Å². The normalized spacial score (nSPS) is 23.9. The average molecular weight is 1250 g/mol. The molecule has 2 aromatic heterocycles. The standard InChI is InChI=1S/C66H74N10O13S/c1-39(2)88-56-9-4-3-6-46(56)55-36-72(51-8-5-7-48-59(51)65(79)74(64(48)78)42-15-27-85-28-16-42)23-24-73(55)44-34-66(35-44)18-21-71(22-19-66)43-10-11-47(52(31-43)75-50-17-29-86-38-58(50)89-63-54(75)30-41-12-20-67-61(41)69-63)62(77)70-90(82,83)45-32-53(76(80)81)60-57(33-45)87-37-49(68-60)40-13-25-84-26-14-40/h3-12,20,30-33,39-40,42,44,49-50,55,58,68H,13-19,21-29,34-38H2,1-2H3,(H,67,69)(H,70,77)/t49-,50-,55-,58-/m0/s1. The van der Waals surface area contributed by atoms with Gasteiger partial charge in [0.2, 0.25) is 5.88 Å². The lowest BCUT2D eigenvalue weighted by molar-refractivity contribution is -0.384. The third-order valence-corrected chi connectivity index (χ3v) is 21.7. The first-order valence-corrected chi connectivity index (χ1v) is 33.3. The predicted molar refractivity (Wildman–Crippen MR) is 334 cm³/mol. The van der Waals surface area contributed by atoms with E-state index < -0.39 is 37.5 Å². The van der Waals surface area contributed by atoms with Crippen molar-refractivity contribution < 1.29 is 56.1 Å². The first-order valence-electron chi connectivity index (χ1n) is 31.8. The minimum Gasteiger partial charge on any atom is -0.491 e. The molecule has 0 bridgehead atoms. The number of ether oxygens (including phenoxy) is 6. The highest BCUT2D eigenvalue weighted by Crippen LogP contribution is 2.55. The molecule has 6 aromatic rings. The Labute approximate surface area is 521 Å². The molecule has 9 aliphatic rings. The van der Waals surface area contributed by atoms with Crippen molar-refractivity contribution in [3.05, 3.63) is 123 Å². The summed E-state index contributed by atoms with van der Waals surface area (Å²) in [5, 5.41) is 16.7. The Kier molecular flexibility index (Phi) is 15.1. The molecule has 1 saturated carbocycles. The Morgan fingerprint density at radius 3 is 2.37 bits per heavy atom. The molecule has 0 unspecified atom stereocenters. The Bertz CT molecular complexity index is 3930. The molecular weight excluding hydrogens is 1170 g/mol. The number of fused-ring (bicyclic) bond motifs is 5. The lowest BCUT2D eigenvalue weighted by Crippen LogP contribution is -2.60. The van der Waals surface area contributed by atoms with E-state index in [1.807, 2.05) is 62.4 Å². The van der Waals surface area contributed by atoms with E-state index in [-0.39, 0.29) is 89.7 Å². The molecule has 23 nitrogen and oxygen atoms in total. The summed E-state index contributed by atoms with van der Waals surface area (Å²) in [6, 6.07) is 25.0. The van der Waals surface area contributed by atoms with E-state index in [2.05, 4.69) is 46.8 Å². The van der Waals surface area contributed by atoms with Crippen LogP contribution in [-0.4, -0.2) is 166 Å². The Balaban J connectivity index is 0.702. The maximum Gasteiger partial charge on any atom is 0.297 e. The van der Waals surface area contributed by atoms with Gasteiger partial charge in [-0.3, -0.25) is 34.3 Å². The molecule has 3 amide bonds. The van der Waals surface area contributed by atoms with Crippen LogP contribution in [0.25, 0.3) is 11.0 Å². The van der Waals surface area contributed by atoms with Gasteiger partial charge in [-0.25, -0.2) is 13.1 Å². The van der Waals surface area contributed by atoms with Gasteiger partial charge in [0.05, 0.1) is 68.7 Å². The second kappa shape index (κ2) is 23.3. The molecule has 8 aliphatic heterocycles. The van der Waals surface area contributed by atoms with Gasteiger partial charge in [-0.15, -0.1) is 0 Å². The Hall–Kier alpha value is -8.03. The van der Waals surface area contributed by atoms with Gasteiger partial charge in [0.15, 0.2) is 11.4 Å². The van der Waals surface area contributed by atoms with Crippen molar-refractivity contribution in [3.63, 3.8) is 0 Å². The number of carbonyl (C=O) groups excluding carboxylic acids is 3. The maximum absolute atomic E-state index is 15.0. The number of aromatic amines is 1. The summed E-state index contributed by atoms with van der Waals surface area (Å²) in [6.45, 7) is 10.6. The number of rotatable bonds is 13. The minimum absolute atomic E-state index is 0.00895. The zero-order chi connectivity index (χ0) is 61.6. The number of benzene rings is 4. The number of nitro benzene ring substituents is 1. The molecular formula is C66H74N10O13S. The number of piperidine rings is 1. The summed E-state index contributed by atoms with van der Waals surface area (Å²) in [4.78, 5) is 73.8. The fourth-order valence-electron chi connectivity index (χ4n) is 15.7. The molecule has 24 heteroatoms. The van der Waals surface area contributed by atoms with Gasteiger partial charge >= 0.3 is 0 Å². The third kappa shape index (κ3) is 10.5. The van der Waals surface area contributed by atoms with Gasteiger partial charge in [-0.2, -0.15) is 4.98 Å². The van der Waals surface area contributed by atoms with Crippen LogP contribution in [0.1, 0.15) is 114 Å². The fourth-order valence-corrected chi connectivity index (χ4v) is 16.7. The molecule has 472 valence electrons. The Morgan fingerprint density at radius 1 is 0.800 bits per heavy atom. The topological polar surface area (TPSA) is 253 Å². The van der Waals surface area contributed by atoms with Gasteiger partial charge in [-0.05, 0) is 131 Å². The molecule has 15 rings (SSSR count). The summed E-state index contributed by atoms with van der Waals surface area (Å²) in [7, 11) is -4.75. The largest absolute Gasteiger partial charge is 0.491 e. The molecule has 5 saturated heterocycles. The number of hydrogen-bond donors (Lipinski definition) is 3. The number of amides is 3. The number of nitrogens with one attached hydrogen (secondary N) is 3. The van der Waals surface area contributed by atoms with Gasteiger partial charge in [0.25, 0.3) is 33.4 Å². The number of H-pyrrole nitrogens is 1. The number of aromatic nitrogens is 2. The second-order valence-electron chi connectivity index (χ2n) is 25.9. The third-order valence-electron chi connectivity index (χ3n) is 20.3. The van der Waals surface area contributed by atoms with E-state index in [1.54, 1.807) is 18.3 Å². The predicted octanol–water partition coefficient (Wildman–Crippen LogP) is 8.75. The first kappa shape index (κ1) is 58.3. The number of piperazine rings is 1. The minimum atomic E-state index is -4.75. The highest BCUT2D eigenvalue weighted by atomic mass is 32.2. The number of imide groups is 1. The quantitative estimate of drug-likeness (QED) is 0.0555. The number of anilines is 5. The zero-order valence-electron chi connectivity index (χ0n) is 50.5. The average Bonchev–Trinajstić information content (AvgIpc) is 1.07. The zero-order valence-corrected chi connectivity index (χ0v) is 51.3. The number of hydrogen-bond acceptors (Lipinski definition) is 19. The van der Waals surface area contributed by atoms with Crippen LogP contribution in [0.5, 0.6) is 17.4 Å². The van der Waals surface area contributed by atoms with E-state index >= 15 is 4.79 Å². The lowest BCUT2D eigenvalue weighted by atomic mass is 9.59. The van der Waals surface area contributed by atoms with Crippen molar-refractivity contribution in [2.24, 2.45) is 11.3 Å². The first-order chi connectivity index (χ1) is 43.7. The molecule has 0 radical (unpaired) electrons. The molecule has 10 heterocycles. The van der Waals surface area contributed by atoms with Crippen LogP contribution < -0.4 is 38.9 Å². The van der Waals surface area contributed by atoms with Crippen molar-refractivity contribution in [3.8, 4) is 17.4 Å². The SMILES string of the molecule is CC(C)Oc1ccccc1[C@@H]1CN(c2cccc3c2C(=O)N(C2CCOCC2)C3=O)CCN1C1CC2(CCN(c3ccc(C(=O)NS(=O)(=O)c4cc5c(c([N+](=O)[O-])c4)N[C@H](C4CCOCC4)CO5)c(N4c5cc6cc[nH]c6nc5O[C@H]5COCC[C@@H]54)c3)CC2)C1. The summed E-state index contributed by atoms with van der Waals surface area (Å²) in [5.74, 6) is -0.0508. The lowest BCUT2D eigenvalue weighted by Gasteiger charge is -2.58. The molecule has 4 atom stereocenters. The van der Waals surface area contributed by atoms with Gasteiger partial charge < -0.3 is 53.4 Å². The van der Waals surface area contributed by atoms with Crippen molar-refractivity contribution in [1.82, 2.24) is 24.5 Å². The van der Waals surface area contributed by atoms with Crippen LogP contribution in [0.2, 0.25) is 0 Å². The van der Waals surface area contributed by atoms with E-state index in [1.165, 1.54) is 11.0 Å². The van der Waals surface area contributed by atoms with Crippen LogP contribution >= 0.6 is 0 Å². The highest BCUT2D eigenvalue weighted by molar-refractivity contribution is 7.90. The van der Waals surface area contributed by atoms with Crippen LogP contribution in [0.15, 0.2) is 96.0 Å². The van der Waals surface area contributed by atoms with Crippen LogP contribution in [0.4, 0.5) is 34.1 Å². The van der Waals surface area contributed by atoms with E-state index in [0.717, 1.165) is 92.3 Å². The van der Waals surface area contributed by atoms with Crippen molar-refractivity contribution in [2.45, 2.75) is 119 Å². The molecule has 1 aliphatic carbocycles. The van der Waals surface area contributed by atoms with Crippen molar-refractivity contribution in [1.29, 1.82) is 0 Å². The molecule has 3 N–H and O–H groups in total. The summed E-state index contributed by atoms with van der Waals surface area (Å²) in [6.07, 6.45) is 8.41. The van der Waals surface area contributed by atoms with Crippen LogP contribution in [-0.2, 0) is 24.2 Å². The fraction of sp³-hybridized carbons (Fsp3) is 0.485. The van der Waals surface area contributed by atoms with Gasteiger partial charge in [0.1, 0.15) is 29.8 Å². The van der Waals surface area contributed by atoms with E-state index in [4.69, 9.17) is 33.4 Å². The molecule has 4 aromatic carbocycles. The van der Waals surface area contributed by atoms with Crippen LogP contribution in [0, 0.1) is 21.4 Å². The summed E-state index contributed by atoms with van der Waals surface area (Å²) in [5.41, 5.74) is 5.13. The second-order valence-corrected chi connectivity index (χ2v) is 27.6. The highest BCUT2D eigenvalue weighted by Gasteiger charge is 2.52. The number of carbonyl (C=O) groups is 3. The Morgan fingerprint density at radius 2 is 1.58 bits per heavy atom. The maximum atomic E-state index is 15.0. The number of para-hydroxylation sites is 1. The van der Waals surface area contributed by atoms with E-state index in [0.29, 0.717) is 99.4 Å². The summed E-state index contributed by atoms with van der Waals surface area (Å²) >= 11 is 0. The number of sulfonamides is 1. The molecule has 6 fully saturated rings. The van der Waals surface area contributed by atoms with Crippen molar-refractivity contribution >= 4 is 72.9 Å². The van der Waals surface area contributed by atoms with Gasteiger partial charge in [-0.1, -0.05) is 24.3 Å². The molecule has 90 heavy (non-hydrogen) atoms. The molecule has 1 spiro atoms. The van der Waals surface area contributed by atoms with Crippen molar-refractivity contribution in [2.75, 3.05) is 99.0 Å². The van der Waals surface area contributed by atoms with Crippen LogP contribution in [0.3, 0.4) is 0 Å². The summed E-state index contributed by atoms with van der Waals surface area (Å²) < 4.78 is 67.6. The van der Waals surface area contributed by atoms with E-state index in [9.17, 15) is 28.1 Å². The number of nitro groups is 1.